The summed E-state index contributed by atoms with van der Waals surface area (Å²) in [6, 6.07) is 7.90. The van der Waals surface area contributed by atoms with Gasteiger partial charge in [0.1, 0.15) is 16.8 Å². The van der Waals surface area contributed by atoms with Gasteiger partial charge in [0, 0.05) is 10.9 Å². The fourth-order valence-corrected chi connectivity index (χ4v) is 5.48. The Morgan fingerprint density at radius 2 is 2.39 bits per heavy atom. The molecule has 0 saturated heterocycles. The van der Waals surface area contributed by atoms with Crippen LogP contribution >= 0.6 is 23.1 Å². The summed E-state index contributed by atoms with van der Waals surface area (Å²) in [7, 11) is 1.62. The molecule has 6 nitrogen and oxygen atoms in total. The van der Waals surface area contributed by atoms with Gasteiger partial charge in [-0.05, 0) is 42.9 Å². The first-order valence-electron chi connectivity index (χ1n) is 9.08. The topological polar surface area (TPSA) is 90.8 Å². The monoisotopic (exact) mass is 412 g/mol. The van der Waals surface area contributed by atoms with Gasteiger partial charge in [0.25, 0.3) is 0 Å². The van der Waals surface area contributed by atoms with E-state index in [4.69, 9.17) is 4.74 Å². The van der Waals surface area contributed by atoms with Crippen molar-refractivity contribution < 1.29 is 9.53 Å². The molecule has 3 aromatic rings. The van der Waals surface area contributed by atoms with E-state index in [1.807, 2.05) is 18.2 Å². The molecule has 1 aliphatic carbocycles. The molecule has 2 aromatic heterocycles. The molecular weight excluding hydrogens is 392 g/mol. The Hall–Kier alpha value is -2.50. The maximum Gasteiger partial charge on any atom is 0.235 e. The first-order valence-corrected chi connectivity index (χ1v) is 10.9. The molecule has 2 heterocycles. The molecule has 0 saturated carbocycles. The average molecular weight is 413 g/mol. The number of anilines is 1. The highest BCUT2D eigenvalue weighted by molar-refractivity contribution is 7.99. The predicted octanol–water partition coefficient (Wildman–Crippen LogP) is 4.36. The second-order valence-electron chi connectivity index (χ2n) is 6.93. The number of rotatable bonds is 5. The number of carbonyl (C=O) groups is 1. The highest BCUT2D eigenvalue weighted by Crippen LogP contribution is 2.39. The predicted molar refractivity (Wildman–Crippen MR) is 112 cm³/mol. The minimum Gasteiger partial charge on any atom is -0.497 e. The maximum absolute atomic E-state index is 12.5. The van der Waals surface area contributed by atoms with Gasteiger partial charge in [-0.25, -0.2) is 4.98 Å². The van der Waals surface area contributed by atoms with Gasteiger partial charge >= 0.3 is 0 Å². The molecule has 2 N–H and O–H groups in total. The van der Waals surface area contributed by atoms with Crippen molar-refractivity contribution >= 4 is 45.0 Å². The summed E-state index contributed by atoms with van der Waals surface area (Å²) in [5.41, 5.74) is 3.46. The van der Waals surface area contributed by atoms with Crippen molar-refractivity contribution in [3.63, 3.8) is 0 Å². The SMILES string of the molecule is COc1ccc2nc(SCC(=O)Nc3sc4c(c3C#N)CC[C@H](C)C4)[nH]c2c1. The van der Waals surface area contributed by atoms with E-state index in [-0.39, 0.29) is 11.7 Å². The average Bonchev–Trinajstić information content (AvgIpc) is 3.25. The van der Waals surface area contributed by atoms with Gasteiger partial charge in [0.05, 0.1) is 29.5 Å². The highest BCUT2D eigenvalue weighted by Gasteiger charge is 2.24. The zero-order valence-corrected chi connectivity index (χ0v) is 17.3. The Morgan fingerprint density at radius 3 is 3.18 bits per heavy atom. The molecule has 1 aliphatic rings. The molecule has 0 aliphatic heterocycles. The van der Waals surface area contributed by atoms with Crippen LogP contribution in [0, 0.1) is 17.2 Å². The van der Waals surface area contributed by atoms with Crippen molar-refractivity contribution in [1.82, 2.24) is 9.97 Å². The quantitative estimate of drug-likeness (QED) is 0.608. The van der Waals surface area contributed by atoms with Crippen LogP contribution in [0.15, 0.2) is 23.4 Å². The number of thioether (sulfide) groups is 1. The van der Waals surface area contributed by atoms with Crippen LogP contribution in [0.2, 0.25) is 0 Å². The smallest absolute Gasteiger partial charge is 0.235 e. The number of nitrogens with zero attached hydrogens (tertiary/aromatic N) is 2. The van der Waals surface area contributed by atoms with Crippen LogP contribution in [0.4, 0.5) is 5.00 Å². The van der Waals surface area contributed by atoms with Crippen molar-refractivity contribution in [3.05, 3.63) is 34.2 Å². The number of amides is 1. The third-order valence-corrected chi connectivity index (χ3v) is 6.93. The number of thiophene rings is 1. The number of hydrogen-bond acceptors (Lipinski definition) is 6. The van der Waals surface area contributed by atoms with Gasteiger partial charge in [-0.3, -0.25) is 4.79 Å². The van der Waals surface area contributed by atoms with Gasteiger partial charge in [0.15, 0.2) is 5.16 Å². The van der Waals surface area contributed by atoms with E-state index in [1.54, 1.807) is 18.4 Å². The van der Waals surface area contributed by atoms with Gasteiger partial charge in [-0.15, -0.1) is 11.3 Å². The van der Waals surface area contributed by atoms with E-state index in [0.717, 1.165) is 41.6 Å². The van der Waals surface area contributed by atoms with Crippen molar-refractivity contribution in [1.29, 1.82) is 5.26 Å². The molecule has 1 amide bonds. The maximum atomic E-state index is 12.5. The second kappa shape index (κ2) is 7.86. The number of ether oxygens (including phenoxy) is 1. The Labute approximate surface area is 171 Å². The fraction of sp³-hybridized carbons (Fsp3) is 0.350. The first-order chi connectivity index (χ1) is 13.6. The zero-order valence-electron chi connectivity index (χ0n) is 15.7. The standard InChI is InChI=1S/C20H20N4O2S2/c1-11-3-5-13-14(9-21)19(28-17(13)7-11)24-18(25)10-27-20-22-15-6-4-12(26-2)8-16(15)23-20/h4,6,8,11H,3,5,7,10H2,1-2H3,(H,22,23)(H,24,25)/t11-/m0/s1. The number of benzene rings is 1. The first kappa shape index (κ1) is 18.8. The number of aromatic nitrogens is 2. The summed E-state index contributed by atoms with van der Waals surface area (Å²) in [5, 5.41) is 13.8. The van der Waals surface area contributed by atoms with Crippen LogP contribution in [-0.2, 0) is 17.6 Å². The van der Waals surface area contributed by atoms with Gasteiger partial charge in [0.2, 0.25) is 5.91 Å². The number of aromatic amines is 1. The van der Waals surface area contributed by atoms with Crippen LogP contribution < -0.4 is 10.1 Å². The lowest BCUT2D eigenvalue weighted by Gasteiger charge is -2.17. The Balaban J connectivity index is 1.43. The van der Waals surface area contributed by atoms with Crippen molar-refractivity contribution in [2.75, 3.05) is 18.2 Å². The second-order valence-corrected chi connectivity index (χ2v) is 9.00. The number of nitrogens with one attached hydrogen (secondary N) is 2. The summed E-state index contributed by atoms with van der Waals surface area (Å²) in [5.74, 6) is 1.47. The molecule has 28 heavy (non-hydrogen) atoms. The minimum absolute atomic E-state index is 0.133. The molecule has 4 rings (SSSR count). The minimum atomic E-state index is -0.133. The van der Waals surface area contributed by atoms with E-state index < -0.39 is 0 Å². The van der Waals surface area contributed by atoms with E-state index >= 15 is 0 Å². The number of methoxy groups -OCH3 is 1. The van der Waals surface area contributed by atoms with Crippen molar-refractivity contribution in [2.45, 2.75) is 31.3 Å². The van der Waals surface area contributed by atoms with Crippen molar-refractivity contribution in [2.24, 2.45) is 5.92 Å². The summed E-state index contributed by atoms with van der Waals surface area (Å²) in [6.07, 6.45) is 3.00. The highest BCUT2D eigenvalue weighted by atomic mass is 32.2. The third kappa shape index (κ3) is 3.73. The molecule has 0 bridgehead atoms. The molecule has 8 heteroatoms. The molecule has 144 valence electrons. The molecule has 1 atom stereocenters. The lowest BCUT2D eigenvalue weighted by Crippen LogP contribution is -2.14. The third-order valence-electron chi connectivity index (χ3n) is 4.88. The normalized spacial score (nSPS) is 15.8. The van der Waals surface area contributed by atoms with E-state index in [1.165, 1.54) is 16.6 Å². The Kier molecular flexibility index (Phi) is 5.29. The number of H-pyrrole nitrogens is 1. The van der Waals surface area contributed by atoms with Crippen molar-refractivity contribution in [3.8, 4) is 11.8 Å². The van der Waals surface area contributed by atoms with E-state index in [9.17, 15) is 10.1 Å². The number of carbonyl (C=O) groups excluding carboxylic acids is 1. The van der Waals surface area contributed by atoms with Crippen LogP contribution in [0.5, 0.6) is 5.75 Å². The summed E-state index contributed by atoms with van der Waals surface area (Å²) >= 11 is 2.89. The van der Waals surface area contributed by atoms with E-state index in [2.05, 4.69) is 28.3 Å². The Morgan fingerprint density at radius 1 is 1.54 bits per heavy atom. The number of hydrogen-bond donors (Lipinski definition) is 2. The van der Waals surface area contributed by atoms with Crippen LogP contribution in [0.1, 0.15) is 29.3 Å². The lowest BCUT2D eigenvalue weighted by molar-refractivity contribution is -0.113. The van der Waals surface area contributed by atoms with E-state index in [0.29, 0.717) is 21.6 Å². The number of imidazole rings is 1. The lowest BCUT2D eigenvalue weighted by atomic mass is 9.89. The largest absolute Gasteiger partial charge is 0.497 e. The van der Waals surface area contributed by atoms with Crippen LogP contribution in [0.3, 0.4) is 0 Å². The summed E-state index contributed by atoms with van der Waals surface area (Å²) < 4.78 is 5.22. The summed E-state index contributed by atoms with van der Waals surface area (Å²) in [6.45, 7) is 2.23. The Bertz CT molecular complexity index is 1080. The zero-order chi connectivity index (χ0) is 19.7. The summed E-state index contributed by atoms with van der Waals surface area (Å²) in [4.78, 5) is 21.4. The van der Waals surface area contributed by atoms with Gasteiger partial charge < -0.3 is 15.0 Å². The van der Waals surface area contributed by atoms with Crippen LogP contribution in [-0.4, -0.2) is 28.7 Å². The molecular formula is C20H20N4O2S2. The van der Waals surface area contributed by atoms with Crippen LogP contribution in [0.25, 0.3) is 11.0 Å². The molecule has 0 radical (unpaired) electrons. The number of nitriles is 1. The fourth-order valence-electron chi connectivity index (χ4n) is 3.41. The number of fused-ring (bicyclic) bond motifs is 2. The molecule has 0 unspecified atom stereocenters. The van der Waals surface area contributed by atoms with Gasteiger partial charge in [-0.2, -0.15) is 5.26 Å². The molecule has 0 fully saturated rings. The van der Waals surface area contributed by atoms with Gasteiger partial charge in [-0.1, -0.05) is 18.7 Å². The molecule has 0 spiro atoms. The molecule has 1 aromatic carbocycles.